The summed E-state index contributed by atoms with van der Waals surface area (Å²) in [5, 5.41) is 0. The fraction of sp³-hybridized carbons (Fsp3) is 0.0769. The highest BCUT2D eigenvalue weighted by Gasteiger charge is 2.19. The Kier molecular flexibility index (Phi) is 4.10. The molecule has 0 saturated carbocycles. The fourth-order valence-corrected chi connectivity index (χ4v) is 4.93. The Hall–Kier alpha value is -2.77. The third kappa shape index (κ3) is 3.09. The molecule has 1 aliphatic heterocycles. The first-order valence-corrected chi connectivity index (χ1v) is 10.1. The molecule has 1 heterocycles. The molecular formula is C26H20S. The van der Waals surface area contributed by atoms with Gasteiger partial charge in [0.1, 0.15) is 0 Å². The summed E-state index contributed by atoms with van der Waals surface area (Å²) < 4.78 is 0. The van der Waals surface area contributed by atoms with Gasteiger partial charge in [0, 0.05) is 9.79 Å². The molecule has 1 heteroatoms. The molecule has 0 unspecified atom stereocenters. The maximum Gasteiger partial charge on any atom is 0.0236 e. The van der Waals surface area contributed by atoms with E-state index in [1.165, 1.54) is 48.7 Å². The van der Waals surface area contributed by atoms with Crippen LogP contribution >= 0.6 is 11.8 Å². The highest BCUT2D eigenvalue weighted by Crippen LogP contribution is 2.44. The van der Waals surface area contributed by atoms with E-state index in [1.807, 2.05) is 11.8 Å². The van der Waals surface area contributed by atoms with Crippen LogP contribution in [-0.4, -0.2) is 0 Å². The Bertz CT molecular complexity index is 1110. The lowest BCUT2D eigenvalue weighted by molar-refractivity contribution is 1.06. The lowest BCUT2D eigenvalue weighted by Crippen LogP contribution is -2.00. The molecule has 0 fully saturated rings. The molecule has 0 aromatic heterocycles. The van der Waals surface area contributed by atoms with E-state index in [4.69, 9.17) is 0 Å². The van der Waals surface area contributed by atoms with Crippen molar-refractivity contribution in [1.82, 2.24) is 0 Å². The van der Waals surface area contributed by atoms with E-state index in [0.29, 0.717) is 0 Å². The van der Waals surface area contributed by atoms with E-state index in [-0.39, 0.29) is 0 Å². The summed E-state index contributed by atoms with van der Waals surface area (Å²) in [5.41, 5.74) is 9.31. The molecule has 130 valence electrons. The van der Waals surface area contributed by atoms with Crippen LogP contribution in [0.25, 0.3) is 22.3 Å². The highest BCUT2D eigenvalue weighted by molar-refractivity contribution is 7.99. The van der Waals surface area contributed by atoms with Crippen molar-refractivity contribution in [1.29, 1.82) is 0 Å². The Morgan fingerprint density at radius 2 is 1.22 bits per heavy atom. The number of fused-ring (bicyclic) bond motifs is 2. The Labute approximate surface area is 164 Å². The molecule has 0 N–H and O–H groups in total. The van der Waals surface area contributed by atoms with Crippen LogP contribution in [0.3, 0.4) is 0 Å². The second-order valence-corrected chi connectivity index (χ2v) is 8.18. The van der Waals surface area contributed by atoms with Crippen LogP contribution in [0.4, 0.5) is 0 Å². The zero-order valence-corrected chi connectivity index (χ0v) is 16.1. The van der Waals surface area contributed by atoms with E-state index in [0.717, 1.165) is 6.42 Å². The minimum Gasteiger partial charge on any atom is -0.0888 e. The average molecular weight is 365 g/mol. The van der Waals surface area contributed by atoms with Gasteiger partial charge in [-0.05, 0) is 52.8 Å². The Morgan fingerprint density at radius 3 is 2.00 bits per heavy atom. The molecule has 27 heavy (non-hydrogen) atoms. The maximum absolute atomic E-state index is 2.27. The molecular weight excluding hydrogens is 344 g/mol. The fourth-order valence-electron chi connectivity index (χ4n) is 3.72. The Balaban J connectivity index is 1.52. The summed E-state index contributed by atoms with van der Waals surface area (Å²) in [6, 6.07) is 33.2. The smallest absolute Gasteiger partial charge is 0.0236 e. The monoisotopic (exact) mass is 364 g/mol. The summed E-state index contributed by atoms with van der Waals surface area (Å²) >= 11 is 1.91. The molecule has 0 radical (unpaired) electrons. The molecule has 0 aliphatic carbocycles. The molecule has 0 atom stereocenters. The van der Waals surface area contributed by atoms with E-state index < -0.39 is 0 Å². The quantitative estimate of drug-likeness (QED) is 0.315. The average Bonchev–Trinajstić information content (AvgIpc) is 2.72. The van der Waals surface area contributed by atoms with Gasteiger partial charge in [0.2, 0.25) is 0 Å². The van der Waals surface area contributed by atoms with E-state index in [9.17, 15) is 0 Å². The second-order valence-electron chi connectivity index (χ2n) is 7.12. The summed E-state index contributed by atoms with van der Waals surface area (Å²) in [7, 11) is 0. The van der Waals surface area contributed by atoms with Gasteiger partial charge in [-0.2, -0.15) is 0 Å². The number of hydrogen-bond acceptors (Lipinski definition) is 1. The molecule has 0 saturated heterocycles. The van der Waals surface area contributed by atoms with Gasteiger partial charge in [-0.25, -0.2) is 0 Å². The van der Waals surface area contributed by atoms with Crippen molar-refractivity contribution in [3.8, 4) is 22.3 Å². The molecule has 0 spiro atoms. The largest absolute Gasteiger partial charge is 0.0888 e. The third-order valence-electron chi connectivity index (χ3n) is 5.24. The van der Waals surface area contributed by atoms with Gasteiger partial charge in [0.25, 0.3) is 0 Å². The summed E-state index contributed by atoms with van der Waals surface area (Å²) in [6.07, 6.45) is 1.02. The molecule has 0 nitrogen and oxygen atoms in total. The van der Waals surface area contributed by atoms with Crippen LogP contribution in [0.5, 0.6) is 0 Å². The van der Waals surface area contributed by atoms with E-state index >= 15 is 0 Å². The van der Waals surface area contributed by atoms with Gasteiger partial charge >= 0.3 is 0 Å². The first kappa shape index (κ1) is 16.4. The van der Waals surface area contributed by atoms with Crippen LogP contribution in [0, 0.1) is 6.92 Å². The highest BCUT2D eigenvalue weighted by atomic mass is 32.2. The van der Waals surface area contributed by atoms with Crippen LogP contribution in [-0.2, 0) is 6.42 Å². The van der Waals surface area contributed by atoms with Crippen molar-refractivity contribution in [3.05, 3.63) is 108 Å². The Morgan fingerprint density at radius 1 is 0.593 bits per heavy atom. The molecule has 0 amide bonds. The van der Waals surface area contributed by atoms with E-state index in [1.54, 1.807) is 0 Å². The zero-order valence-electron chi connectivity index (χ0n) is 15.3. The van der Waals surface area contributed by atoms with Crippen LogP contribution < -0.4 is 0 Å². The molecule has 0 bridgehead atoms. The third-order valence-corrected chi connectivity index (χ3v) is 6.55. The zero-order chi connectivity index (χ0) is 18.2. The lowest BCUT2D eigenvalue weighted by atomic mass is 9.96. The van der Waals surface area contributed by atoms with Gasteiger partial charge in [-0.15, -0.1) is 0 Å². The lowest BCUT2D eigenvalue weighted by Gasteiger charge is -2.21. The minimum absolute atomic E-state index is 1.02. The van der Waals surface area contributed by atoms with Crippen molar-refractivity contribution >= 4 is 11.8 Å². The standard InChI is InChI=1S/C26H20S/c1-18-9-11-19(12-10-18)20-13-15-21(16-14-20)24-7-4-6-23-17-22-5-2-3-8-25(22)27-26(23)24/h2-16H,17H2,1H3. The van der Waals surface area contributed by atoms with Crippen LogP contribution in [0.2, 0.25) is 0 Å². The number of aryl methyl sites for hydroxylation is 1. The maximum atomic E-state index is 2.27. The van der Waals surface area contributed by atoms with E-state index in [2.05, 4.69) is 97.9 Å². The number of hydrogen-bond donors (Lipinski definition) is 0. The first-order chi connectivity index (χ1) is 13.3. The number of benzene rings is 4. The molecule has 4 aromatic rings. The SMILES string of the molecule is Cc1ccc(-c2ccc(-c3cccc4c3Sc3ccccc3C4)cc2)cc1. The van der Waals surface area contributed by atoms with Crippen molar-refractivity contribution in [3.63, 3.8) is 0 Å². The topological polar surface area (TPSA) is 0 Å². The van der Waals surface area contributed by atoms with Gasteiger partial charge in [0.15, 0.2) is 0 Å². The van der Waals surface area contributed by atoms with Gasteiger partial charge < -0.3 is 0 Å². The van der Waals surface area contributed by atoms with Gasteiger partial charge in [0.05, 0.1) is 0 Å². The van der Waals surface area contributed by atoms with Gasteiger partial charge in [-0.1, -0.05) is 102 Å². The predicted molar refractivity (Wildman–Crippen MR) is 115 cm³/mol. The normalized spacial score (nSPS) is 12.3. The minimum atomic E-state index is 1.02. The molecule has 4 aromatic carbocycles. The van der Waals surface area contributed by atoms with Gasteiger partial charge in [-0.3, -0.25) is 0 Å². The van der Waals surface area contributed by atoms with Crippen LogP contribution in [0.15, 0.2) is 101 Å². The summed E-state index contributed by atoms with van der Waals surface area (Å²) in [4.78, 5) is 2.79. The molecule has 5 rings (SSSR count). The predicted octanol–water partition coefficient (Wildman–Crippen LogP) is 7.38. The van der Waals surface area contributed by atoms with Crippen molar-refractivity contribution in [2.24, 2.45) is 0 Å². The van der Waals surface area contributed by atoms with Crippen molar-refractivity contribution in [2.45, 2.75) is 23.1 Å². The first-order valence-electron chi connectivity index (χ1n) is 9.33. The summed E-state index contributed by atoms with van der Waals surface area (Å²) in [6.45, 7) is 2.13. The van der Waals surface area contributed by atoms with Crippen molar-refractivity contribution in [2.75, 3.05) is 0 Å². The number of rotatable bonds is 2. The van der Waals surface area contributed by atoms with Crippen molar-refractivity contribution < 1.29 is 0 Å². The molecule has 1 aliphatic rings. The summed E-state index contributed by atoms with van der Waals surface area (Å²) in [5.74, 6) is 0. The second kappa shape index (κ2) is 6.75. The van der Waals surface area contributed by atoms with Crippen LogP contribution in [0.1, 0.15) is 16.7 Å².